The molecule has 1 aliphatic rings. The fourth-order valence-electron chi connectivity index (χ4n) is 3.74. The number of fused-ring (bicyclic) bond motifs is 1. The van der Waals surface area contributed by atoms with Crippen molar-refractivity contribution < 1.29 is 18.3 Å². The van der Waals surface area contributed by atoms with Gasteiger partial charge in [-0.25, -0.2) is 4.98 Å². The number of methoxy groups -OCH3 is 1. The van der Waals surface area contributed by atoms with Crippen LogP contribution in [-0.2, 0) is 6.54 Å². The van der Waals surface area contributed by atoms with Crippen molar-refractivity contribution in [3.05, 3.63) is 71.1 Å². The van der Waals surface area contributed by atoms with E-state index in [9.17, 15) is 13.6 Å². The molecule has 1 unspecified atom stereocenters. The molecule has 2 aromatic heterocycles. The van der Waals surface area contributed by atoms with Crippen LogP contribution in [0.1, 0.15) is 45.6 Å². The van der Waals surface area contributed by atoms with Crippen LogP contribution in [0.4, 0.5) is 8.78 Å². The van der Waals surface area contributed by atoms with Crippen molar-refractivity contribution in [3.8, 4) is 5.75 Å². The molecule has 1 amide bonds. The highest BCUT2D eigenvalue weighted by atomic mass is 19.3. The van der Waals surface area contributed by atoms with Gasteiger partial charge in [0.25, 0.3) is 5.91 Å². The van der Waals surface area contributed by atoms with E-state index in [2.05, 4.69) is 9.97 Å². The molecule has 3 heterocycles. The van der Waals surface area contributed by atoms with E-state index in [-0.39, 0.29) is 11.6 Å². The molecule has 1 atom stereocenters. The van der Waals surface area contributed by atoms with Crippen LogP contribution < -0.4 is 4.74 Å². The van der Waals surface area contributed by atoms with Gasteiger partial charge >= 0.3 is 6.55 Å². The van der Waals surface area contributed by atoms with Crippen molar-refractivity contribution in [1.29, 1.82) is 0 Å². The van der Waals surface area contributed by atoms with Gasteiger partial charge in [-0.2, -0.15) is 8.78 Å². The van der Waals surface area contributed by atoms with E-state index in [0.717, 1.165) is 21.5 Å². The SMILES string of the molecule is COc1cccc(C2CN(C(=O)c3ccc(C)n3C(F)F)Cc3[nH]cnc32)c1. The molecule has 1 aliphatic heterocycles. The first-order valence-corrected chi connectivity index (χ1v) is 8.91. The minimum absolute atomic E-state index is 0.0140. The predicted octanol–water partition coefficient (Wildman–Crippen LogP) is 3.71. The van der Waals surface area contributed by atoms with Crippen LogP contribution in [0, 0.1) is 6.92 Å². The van der Waals surface area contributed by atoms with Gasteiger partial charge in [-0.15, -0.1) is 0 Å². The highest BCUT2D eigenvalue weighted by Gasteiger charge is 2.33. The highest BCUT2D eigenvalue weighted by Crippen LogP contribution is 2.34. The molecule has 6 nitrogen and oxygen atoms in total. The molecule has 1 N–H and O–H groups in total. The third kappa shape index (κ3) is 3.04. The van der Waals surface area contributed by atoms with E-state index < -0.39 is 12.5 Å². The molecule has 3 aromatic rings. The van der Waals surface area contributed by atoms with Gasteiger partial charge in [0, 0.05) is 18.2 Å². The van der Waals surface area contributed by atoms with Crippen LogP contribution in [-0.4, -0.2) is 39.0 Å². The molecule has 0 bridgehead atoms. The summed E-state index contributed by atoms with van der Waals surface area (Å²) in [7, 11) is 1.59. The topological polar surface area (TPSA) is 63.1 Å². The Bertz CT molecular complexity index is 1010. The summed E-state index contributed by atoms with van der Waals surface area (Å²) in [6.45, 7) is -0.569. The summed E-state index contributed by atoms with van der Waals surface area (Å²) in [6.07, 6.45) is 1.60. The minimum atomic E-state index is -2.77. The Kier molecular flexibility index (Phi) is 4.62. The summed E-state index contributed by atoms with van der Waals surface area (Å²) < 4.78 is 32.9. The average molecular weight is 386 g/mol. The van der Waals surface area contributed by atoms with Crippen LogP contribution in [0.3, 0.4) is 0 Å². The van der Waals surface area contributed by atoms with Crippen molar-refractivity contribution in [2.24, 2.45) is 0 Å². The third-order valence-corrected chi connectivity index (χ3v) is 5.15. The maximum atomic E-state index is 13.4. The smallest absolute Gasteiger partial charge is 0.319 e. The molecule has 0 fully saturated rings. The number of ether oxygens (including phenoxy) is 1. The molecular formula is C20H20F2N4O2. The average Bonchev–Trinajstić information content (AvgIpc) is 3.32. The van der Waals surface area contributed by atoms with Crippen molar-refractivity contribution in [2.75, 3.05) is 13.7 Å². The van der Waals surface area contributed by atoms with Gasteiger partial charge in [0.1, 0.15) is 11.4 Å². The van der Waals surface area contributed by atoms with Crippen molar-refractivity contribution in [2.45, 2.75) is 25.9 Å². The van der Waals surface area contributed by atoms with Crippen LogP contribution in [0.5, 0.6) is 5.75 Å². The minimum Gasteiger partial charge on any atom is -0.497 e. The summed E-state index contributed by atoms with van der Waals surface area (Å²) in [5.41, 5.74) is 2.95. The zero-order valence-corrected chi connectivity index (χ0v) is 15.5. The van der Waals surface area contributed by atoms with Gasteiger partial charge in [0.05, 0.1) is 31.4 Å². The number of halogens is 2. The molecule has 0 aliphatic carbocycles. The van der Waals surface area contributed by atoms with Gasteiger partial charge < -0.3 is 14.6 Å². The summed E-state index contributed by atoms with van der Waals surface area (Å²) in [5.74, 6) is 0.104. The van der Waals surface area contributed by atoms with E-state index in [1.165, 1.54) is 12.1 Å². The number of benzene rings is 1. The lowest BCUT2D eigenvalue weighted by Crippen LogP contribution is -2.39. The molecule has 0 saturated heterocycles. The van der Waals surface area contributed by atoms with Gasteiger partial charge in [0.2, 0.25) is 0 Å². The number of H-pyrrole nitrogens is 1. The van der Waals surface area contributed by atoms with Gasteiger partial charge in [-0.3, -0.25) is 9.36 Å². The molecule has 0 radical (unpaired) electrons. The Labute approximate surface area is 160 Å². The first-order valence-electron chi connectivity index (χ1n) is 8.91. The molecule has 8 heteroatoms. The molecule has 1 aromatic carbocycles. The number of carbonyl (C=O) groups is 1. The Balaban J connectivity index is 1.70. The number of rotatable bonds is 4. The van der Waals surface area contributed by atoms with Crippen molar-refractivity contribution in [1.82, 2.24) is 19.4 Å². The summed E-state index contributed by atoms with van der Waals surface area (Å²) >= 11 is 0. The molecular weight excluding hydrogens is 366 g/mol. The zero-order valence-electron chi connectivity index (χ0n) is 15.5. The second kappa shape index (κ2) is 7.10. The van der Waals surface area contributed by atoms with E-state index in [1.807, 2.05) is 24.3 Å². The van der Waals surface area contributed by atoms with Gasteiger partial charge in [-0.1, -0.05) is 12.1 Å². The summed E-state index contributed by atoms with van der Waals surface area (Å²) in [6, 6.07) is 10.6. The van der Waals surface area contributed by atoms with Crippen LogP contribution in [0.15, 0.2) is 42.7 Å². The standard InChI is InChI=1S/C20H20F2N4O2/c1-12-6-7-17(26(12)20(21)22)19(27)25-9-15(18-16(10-25)23-11-24-18)13-4-3-5-14(8-13)28-2/h3-8,11,15,20H,9-10H2,1-2H3,(H,23,24). The second-order valence-electron chi connectivity index (χ2n) is 6.79. The zero-order chi connectivity index (χ0) is 19.8. The lowest BCUT2D eigenvalue weighted by Gasteiger charge is -2.32. The first-order chi connectivity index (χ1) is 13.5. The number of alkyl halides is 2. The Morgan fingerprint density at radius 1 is 1.32 bits per heavy atom. The van der Waals surface area contributed by atoms with Crippen molar-refractivity contribution >= 4 is 5.91 Å². The fourth-order valence-corrected chi connectivity index (χ4v) is 3.74. The van der Waals surface area contributed by atoms with Crippen LogP contribution >= 0.6 is 0 Å². The molecule has 0 spiro atoms. The summed E-state index contributed by atoms with van der Waals surface area (Å²) in [4.78, 5) is 22.2. The Morgan fingerprint density at radius 2 is 2.14 bits per heavy atom. The summed E-state index contributed by atoms with van der Waals surface area (Å²) in [5, 5.41) is 0. The lowest BCUT2D eigenvalue weighted by atomic mass is 9.90. The maximum absolute atomic E-state index is 13.4. The fraction of sp³-hybridized carbons (Fsp3) is 0.300. The number of hydrogen-bond acceptors (Lipinski definition) is 3. The van der Waals surface area contributed by atoms with Crippen molar-refractivity contribution in [3.63, 3.8) is 0 Å². The van der Waals surface area contributed by atoms with Crippen LogP contribution in [0.25, 0.3) is 0 Å². The number of aryl methyl sites for hydroxylation is 1. The van der Waals surface area contributed by atoms with Gasteiger partial charge in [-0.05, 0) is 36.8 Å². The lowest BCUT2D eigenvalue weighted by molar-refractivity contribution is 0.0536. The number of nitrogens with one attached hydrogen (secondary N) is 1. The van der Waals surface area contributed by atoms with Crippen LogP contribution in [0.2, 0.25) is 0 Å². The quantitative estimate of drug-likeness (QED) is 0.744. The maximum Gasteiger partial charge on any atom is 0.319 e. The van der Waals surface area contributed by atoms with E-state index >= 15 is 0 Å². The largest absolute Gasteiger partial charge is 0.497 e. The number of amides is 1. The number of imidazole rings is 1. The molecule has 146 valence electrons. The Hall–Kier alpha value is -3.16. The third-order valence-electron chi connectivity index (χ3n) is 5.15. The van der Waals surface area contributed by atoms with E-state index in [4.69, 9.17) is 4.74 Å². The molecule has 4 rings (SSSR count). The van der Waals surface area contributed by atoms with E-state index in [0.29, 0.717) is 24.5 Å². The normalized spacial score (nSPS) is 16.3. The number of carbonyl (C=O) groups excluding carboxylic acids is 1. The van der Waals surface area contributed by atoms with E-state index in [1.54, 1.807) is 25.3 Å². The number of aromatic nitrogens is 3. The monoisotopic (exact) mass is 386 g/mol. The predicted molar refractivity (Wildman–Crippen MR) is 98.6 cm³/mol. The molecule has 28 heavy (non-hydrogen) atoms. The number of nitrogens with zero attached hydrogens (tertiary/aromatic N) is 3. The van der Waals surface area contributed by atoms with Gasteiger partial charge in [0.15, 0.2) is 0 Å². The second-order valence-corrected chi connectivity index (χ2v) is 6.79. The highest BCUT2D eigenvalue weighted by molar-refractivity contribution is 5.93. The number of hydrogen-bond donors (Lipinski definition) is 1. The Morgan fingerprint density at radius 3 is 2.89 bits per heavy atom. The molecule has 0 saturated carbocycles. The number of aromatic amines is 1. The first kappa shape index (κ1) is 18.2.